The van der Waals surface area contributed by atoms with Gasteiger partial charge in [0.2, 0.25) is 5.91 Å². The third-order valence-electron chi connectivity index (χ3n) is 7.92. The van der Waals surface area contributed by atoms with Crippen LogP contribution in [0.15, 0.2) is 48.7 Å². The minimum atomic E-state index is -0.144. The second-order valence-corrected chi connectivity index (χ2v) is 11.4. The van der Waals surface area contributed by atoms with Crippen molar-refractivity contribution in [1.29, 1.82) is 0 Å². The largest absolute Gasteiger partial charge is 0.493 e. The lowest BCUT2D eigenvalue weighted by Crippen LogP contribution is -2.38. The van der Waals surface area contributed by atoms with Gasteiger partial charge in [0.05, 0.1) is 14.2 Å². The van der Waals surface area contributed by atoms with Crippen LogP contribution in [0.4, 0.5) is 0 Å². The van der Waals surface area contributed by atoms with Crippen LogP contribution in [0, 0.1) is 10.8 Å². The number of carbonyl (C=O) groups is 1. The van der Waals surface area contributed by atoms with E-state index in [1.165, 1.54) is 6.42 Å². The van der Waals surface area contributed by atoms with Gasteiger partial charge in [-0.2, -0.15) is 0 Å². The van der Waals surface area contributed by atoms with Gasteiger partial charge in [-0.1, -0.05) is 51.1 Å². The van der Waals surface area contributed by atoms with Crippen LogP contribution in [0.1, 0.15) is 63.5 Å². The Balaban J connectivity index is 1.55. The van der Waals surface area contributed by atoms with Crippen LogP contribution < -0.4 is 9.47 Å². The molecule has 1 aliphatic heterocycles. The zero-order valence-electron chi connectivity index (χ0n) is 21.0. The minimum absolute atomic E-state index is 0.144. The number of aromatic nitrogens is 1. The average molecular weight is 461 g/mol. The summed E-state index contributed by atoms with van der Waals surface area (Å²) >= 11 is 0. The summed E-state index contributed by atoms with van der Waals surface area (Å²) in [7, 11) is 3.32. The highest BCUT2D eigenvalue weighted by Crippen LogP contribution is 2.53. The van der Waals surface area contributed by atoms with E-state index in [9.17, 15) is 4.79 Å². The normalized spacial score (nSPS) is 24.3. The van der Waals surface area contributed by atoms with Crippen LogP contribution >= 0.6 is 0 Å². The third-order valence-corrected chi connectivity index (χ3v) is 7.92. The first-order chi connectivity index (χ1) is 16.2. The number of nitrogens with one attached hydrogen (secondary N) is 1. The van der Waals surface area contributed by atoms with Crippen LogP contribution in [-0.4, -0.2) is 42.6 Å². The summed E-state index contributed by atoms with van der Waals surface area (Å²) in [6.07, 6.45) is 5.82. The monoisotopic (exact) mass is 460 g/mol. The molecular formula is C29H36N2O3. The molecule has 34 heavy (non-hydrogen) atoms. The Kier molecular flexibility index (Phi) is 5.62. The molecule has 180 valence electrons. The second kappa shape index (κ2) is 8.37. The average Bonchev–Trinajstić information content (AvgIpc) is 3.33. The number of ether oxygens (including phenoxy) is 2. The summed E-state index contributed by atoms with van der Waals surface area (Å²) < 4.78 is 11.4. The maximum absolute atomic E-state index is 14.0. The fourth-order valence-electron chi connectivity index (χ4n) is 7.00. The van der Waals surface area contributed by atoms with Gasteiger partial charge in [0, 0.05) is 47.6 Å². The SMILES string of the molecule is COc1cccc(C(CC(=O)N2CC3(C)CC2CC(C)(C)C3)c2c[nH]c3ccccc23)c1OC. The Morgan fingerprint density at radius 1 is 1.06 bits per heavy atom. The fraction of sp³-hybridized carbons (Fsp3) is 0.483. The van der Waals surface area contributed by atoms with E-state index in [1.54, 1.807) is 14.2 Å². The Morgan fingerprint density at radius 3 is 2.62 bits per heavy atom. The van der Waals surface area contributed by atoms with Crippen LogP contribution in [0.25, 0.3) is 10.9 Å². The minimum Gasteiger partial charge on any atom is -0.493 e. The first-order valence-electron chi connectivity index (χ1n) is 12.3. The quantitative estimate of drug-likeness (QED) is 0.481. The Labute approximate surface area is 202 Å². The molecule has 3 atom stereocenters. The molecule has 1 aliphatic carbocycles. The Morgan fingerprint density at radius 2 is 1.85 bits per heavy atom. The van der Waals surface area contributed by atoms with Crippen molar-refractivity contribution in [3.63, 3.8) is 0 Å². The lowest BCUT2D eigenvalue weighted by atomic mass is 9.65. The number of likely N-dealkylation sites (tertiary alicyclic amines) is 1. The molecule has 2 aromatic carbocycles. The molecule has 1 saturated heterocycles. The zero-order valence-corrected chi connectivity index (χ0v) is 21.0. The number of fused-ring (bicyclic) bond motifs is 3. The van der Waals surface area contributed by atoms with Gasteiger partial charge in [0.25, 0.3) is 0 Å². The molecule has 1 saturated carbocycles. The molecule has 5 heteroatoms. The lowest BCUT2D eigenvalue weighted by molar-refractivity contribution is -0.132. The van der Waals surface area contributed by atoms with E-state index in [0.717, 1.165) is 41.4 Å². The molecule has 5 rings (SSSR count). The van der Waals surface area contributed by atoms with E-state index in [1.807, 2.05) is 30.5 Å². The van der Waals surface area contributed by atoms with E-state index < -0.39 is 0 Å². The Hall–Kier alpha value is -2.95. The topological polar surface area (TPSA) is 54.6 Å². The number of nitrogens with zero attached hydrogens (tertiary/aromatic N) is 1. The van der Waals surface area contributed by atoms with Crippen molar-refractivity contribution in [2.45, 2.75) is 58.4 Å². The zero-order chi connectivity index (χ0) is 24.1. The maximum Gasteiger partial charge on any atom is 0.223 e. The molecule has 0 spiro atoms. The number of benzene rings is 2. The highest BCUT2D eigenvalue weighted by atomic mass is 16.5. The van der Waals surface area contributed by atoms with Crippen LogP contribution in [0.3, 0.4) is 0 Å². The predicted molar refractivity (Wildman–Crippen MR) is 136 cm³/mol. The van der Waals surface area contributed by atoms with Crippen molar-refractivity contribution in [2.24, 2.45) is 10.8 Å². The van der Waals surface area contributed by atoms with Gasteiger partial charge >= 0.3 is 0 Å². The van der Waals surface area contributed by atoms with Gasteiger partial charge in [-0.3, -0.25) is 4.79 Å². The number of hydrogen-bond donors (Lipinski definition) is 1. The van der Waals surface area contributed by atoms with Crippen LogP contribution in [0.2, 0.25) is 0 Å². The van der Waals surface area contributed by atoms with Gasteiger partial charge in [-0.25, -0.2) is 0 Å². The second-order valence-electron chi connectivity index (χ2n) is 11.4. The van der Waals surface area contributed by atoms with E-state index in [0.29, 0.717) is 24.0 Å². The molecule has 5 nitrogen and oxygen atoms in total. The van der Waals surface area contributed by atoms with Crippen molar-refractivity contribution < 1.29 is 14.3 Å². The van der Waals surface area contributed by atoms with E-state index in [4.69, 9.17) is 9.47 Å². The molecule has 3 aromatic rings. The molecule has 2 bridgehead atoms. The predicted octanol–water partition coefficient (Wildman–Crippen LogP) is 6.13. The molecule has 3 unspecified atom stereocenters. The van der Waals surface area contributed by atoms with Crippen molar-refractivity contribution in [2.75, 3.05) is 20.8 Å². The van der Waals surface area contributed by atoms with Crippen molar-refractivity contribution in [3.05, 3.63) is 59.8 Å². The van der Waals surface area contributed by atoms with E-state index in [2.05, 4.69) is 48.9 Å². The molecule has 0 radical (unpaired) electrons. The van der Waals surface area contributed by atoms with Gasteiger partial charge in [0.15, 0.2) is 11.5 Å². The summed E-state index contributed by atoms with van der Waals surface area (Å²) in [5, 5.41) is 1.14. The number of carbonyl (C=O) groups excluding carboxylic acids is 1. The number of rotatable bonds is 6. The molecule has 2 fully saturated rings. The van der Waals surface area contributed by atoms with Crippen molar-refractivity contribution >= 4 is 16.8 Å². The number of amides is 1. The highest BCUT2D eigenvalue weighted by Gasteiger charge is 2.51. The number of hydrogen-bond acceptors (Lipinski definition) is 3. The standard InChI is InChI=1S/C29H36N2O3/c1-28(2)14-19-15-29(3,17-28)18-31(19)26(32)13-22(21-10-8-12-25(33-4)27(21)34-5)23-16-30-24-11-7-6-9-20(23)24/h6-12,16,19,22,30H,13-15,17-18H2,1-5H3. The lowest BCUT2D eigenvalue weighted by Gasteiger charge is -2.39. The summed E-state index contributed by atoms with van der Waals surface area (Å²) in [4.78, 5) is 19.5. The number of methoxy groups -OCH3 is 2. The van der Waals surface area contributed by atoms with Gasteiger partial charge < -0.3 is 19.4 Å². The molecular weight excluding hydrogens is 424 g/mol. The van der Waals surface area contributed by atoms with Gasteiger partial charge in [-0.05, 0) is 47.8 Å². The number of para-hydroxylation sites is 2. The van der Waals surface area contributed by atoms with E-state index in [-0.39, 0.29) is 22.7 Å². The fourth-order valence-corrected chi connectivity index (χ4v) is 7.00. The smallest absolute Gasteiger partial charge is 0.223 e. The molecule has 1 amide bonds. The summed E-state index contributed by atoms with van der Waals surface area (Å²) in [6.45, 7) is 7.91. The first kappa shape index (κ1) is 22.8. The van der Waals surface area contributed by atoms with Gasteiger partial charge in [0.1, 0.15) is 0 Å². The van der Waals surface area contributed by atoms with Crippen molar-refractivity contribution in [1.82, 2.24) is 9.88 Å². The first-order valence-corrected chi connectivity index (χ1v) is 12.3. The third kappa shape index (κ3) is 3.95. The molecule has 1 aromatic heterocycles. The summed E-state index contributed by atoms with van der Waals surface area (Å²) in [5.74, 6) is 1.46. The van der Waals surface area contributed by atoms with Crippen LogP contribution in [0.5, 0.6) is 11.5 Å². The molecule has 2 heterocycles. The maximum atomic E-state index is 14.0. The highest BCUT2D eigenvalue weighted by molar-refractivity contribution is 5.86. The van der Waals surface area contributed by atoms with Gasteiger partial charge in [-0.15, -0.1) is 0 Å². The Bertz CT molecular complexity index is 1210. The summed E-state index contributed by atoms with van der Waals surface area (Å²) in [6, 6.07) is 14.6. The molecule has 1 N–H and O–H groups in total. The summed E-state index contributed by atoms with van der Waals surface area (Å²) in [5.41, 5.74) is 3.66. The van der Waals surface area contributed by atoms with E-state index >= 15 is 0 Å². The number of H-pyrrole nitrogens is 1. The number of aromatic amines is 1. The van der Waals surface area contributed by atoms with Crippen LogP contribution in [-0.2, 0) is 4.79 Å². The van der Waals surface area contributed by atoms with Crippen molar-refractivity contribution in [3.8, 4) is 11.5 Å². The molecule has 2 aliphatic rings.